The van der Waals surface area contributed by atoms with E-state index in [9.17, 15) is 15.0 Å². The van der Waals surface area contributed by atoms with Gasteiger partial charge in [-0.25, -0.2) is 15.0 Å². The molecule has 1 amide bonds. The molecule has 180 valence electrons. The lowest BCUT2D eigenvalue weighted by molar-refractivity contribution is -0.137. The van der Waals surface area contributed by atoms with Gasteiger partial charge in [0.15, 0.2) is 35.1 Å². The number of benzene rings is 1. The average molecular weight is 476 g/mol. The van der Waals surface area contributed by atoms with Crippen LogP contribution in [0.5, 0.6) is 0 Å². The van der Waals surface area contributed by atoms with Gasteiger partial charge < -0.3 is 25.6 Å². The van der Waals surface area contributed by atoms with Crippen LogP contribution in [-0.4, -0.2) is 66.0 Å². The third kappa shape index (κ3) is 4.20. The summed E-state index contributed by atoms with van der Waals surface area (Å²) in [4.78, 5) is 30.2. The molecule has 4 atom stereocenters. The van der Waals surface area contributed by atoms with E-state index in [-0.39, 0.29) is 0 Å². The lowest BCUT2D eigenvalue weighted by atomic mass is 10.1. The first kappa shape index (κ1) is 22.8. The standard InChI is InChI=1S/C24H25N7O4/c1-13-10-26-9-8-15(13)20-29-21(27-11-14-6-4-3-5-7-14)16-22(30-20)31(12-28-16)24-18(33)17(32)19(35-24)23(34)25-2/h3-10,12,17-19,24,32-33H,11H2,1-2H3,(H,25,34)(H,27,29,30)/t17?,18?,19-,24?/m1/s1. The highest BCUT2D eigenvalue weighted by atomic mass is 16.6. The van der Waals surface area contributed by atoms with E-state index in [4.69, 9.17) is 14.7 Å². The summed E-state index contributed by atoms with van der Waals surface area (Å²) in [5, 5.41) is 26.9. The Morgan fingerprint density at radius 3 is 2.69 bits per heavy atom. The maximum absolute atomic E-state index is 12.1. The first-order valence-electron chi connectivity index (χ1n) is 11.1. The van der Waals surface area contributed by atoms with Crippen LogP contribution in [0, 0.1) is 6.92 Å². The molecule has 35 heavy (non-hydrogen) atoms. The first-order valence-corrected chi connectivity index (χ1v) is 11.1. The summed E-state index contributed by atoms with van der Waals surface area (Å²) in [6, 6.07) is 11.7. The zero-order chi connectivity index (χ0) is 24.5. The minimum absolute atomic E-state index is 0.385. The highest BCUT2D eigenvalue weighted by Gasteiger charge is 2.47. The molecule has 4 heterocycles. The van der Waals surface area contributed by atoms with E-state index in [1.807, 2.05) is 43.3 Å². The van der Waals surface area contributed by atoms with Crippen LogP contribution in [0.4, 0.5) is 5.82 Å². The number of anilines is 1. The minimum Gasteiger partial charge on any atom is -0.387 e. The molecular formula is C24H25N7O4. The Hall–Kier alpha value is -3.93. The summed E-state index contributed by atoms with van der Waals surface area (Å²) in [5.41, 5.74) is 3.58. The van der Waals surface area contributed by atoms with Crippen molar-refractivity contribution in [3.63, 3.8) is 0 Å². The van der Waals surface area contributed by atoms with Gasteiger partial charge in [0.2, 0.25) is 0 Å². The Bertz CT molecular complexity index is 1360. The molecule has 4 aromatic rings. The third-order valence-electron chi connectivity index (χ3n) is 6.00. The number of hydrogen-bond donors (Lipinski definition) is 4. The molecule has 4 N–H and O–H groups in total. The second-order valence-corrected chi connectivity index (χ2v) is 8.29. The van der Waals surface area contributed by atoms with Crippen LogP contribution in [-0.2, 0) is 16.1 Å². The minimum atomic E-state index is -1.41. The summed E-state index contributed by atoms with van der Waals surface area (Å²) in [7, 11) is 1.44. The van der Waals surface area contributed by atoms with Gasteiger partial charge in [0.25, 0.3) is 5.91 Å². The van der Waals surface area contributed by atoms with E-state index in [0.29, 0.717) is 29.4 Å². The van der Waals surface area contributed by atoms with E-state index in [1.165, 1.54) is 17.9 Å². The number of carbonyl (C=O) groups excluding carboxylic acids is 1. The second kappa shape index (κ2) is 9.37. The number of fused-ring (bicyclic) bond motifs is 1. The lowest BCUT2D eigenvalue weighted by Gasteiger charge is -2.17. The first-order chi connectivity index (χ1) is 17.0. The fourth-order valence-corrected chi connectivity index (χ4v) is 4.10. The Labute approximate surface area is 200 Å². The lowest BCUT2D eigenvalue weighted by Crippen LogP contribution is -2.41. The fourth-order valence-electron chi connectivity index (χ4n) is 4.10. The number of imidazole rings is 1. The van der Waals surface area contributed by atoms with Crippen LogP contribution in [0.1, 0.15) is 17.4 Å². The number of amides is 1. The fraction of sp³-hybridized carbons (Fsp3) is 0.292. The summed E-state index contributed by atoms with van der Waals surface area (Å²) >= 11 is 0. The molecule has 3 aromatic heterocycles. The van der Waals surface area contributed by atoms with Crippen molar-refractivity contribution in [3.8, 4) is 11.4 Å². The van der Waals surface area contributed by atoms with Crippen LogP contribution in [0.25, 0.3) is 22.6 Å². The monoisotopic (exact) mass is 475 g/mol. The normalized spacial score (nSPS) is 21.8. The number of likely N-dealkylation sites (N-methyl/N-ethyl adjacent to an activating group) is 1. The largest absolute Gasteiger partial charge is 0.387 e. The molecular weight excluding hydrogens is 450 g/mol. The van der Waals surface area contributed by atoms with Crippen molar-refractivity contribution in [3.05, 3.63) is 66.2 Å². The quantitative estimate of drug-likeness (QED) is 0.323. The van der Waals surface area contributed by atoms with E-state index in [1.54, 1.807) is 12.4 Å². The van der Waals surface area contributed by atoms with E-state index in [0.717, 1.165) is 16.7 Å². The van der Waals surface area contributed by atoms with Crippen molar-refractivity contribution in [2.45, 2.75) is 38.0 Å². The molecule has 3 unspecified atom stereocenters. The molecule has 11 heteroatoms. The Balaban J connectivity index is 1.59. The smallest absolute Gasteiger partial charge is 0.251 e. The molecule has 0 spiro atoms. The van der Waals surface area contributed by atoms with Crippen LogP contribution in [0.15, 0.2) is 55.1 Å². The number of nitrogens with zero attached hydrogens (tertiary/aromatic N) is 5. The summed E-state index contributed by atoms with van der Waals surface area (Å²) in [5.74, 6) is 0.404. The van der Waals surface area contributed by atoms with Gasteiger partial charge >= 0.3 is 0 Å². The molecule has 1 saturated heterocycles. The van der Waals surface area contributed by atoms with E-state index < -0.39 is 30.4 Å². The van der Waals surface area contributed by atoms with E-state index >= 15 is 0 Å². The Kier molecular flexibility index (Phi) is 6.12. The van der Waals surface area contributed by atoms with Crippen molar-refractivity contribution in [2.24, 2.45) is 0 Å². The highest BCUT2D eigenvalue weighted by molar-refractivity contribution is 5.85. The number of nitrogens with one attached hydrogen (secondary N) is 2. The molecule has 11 nitrogen and oxygen atoms in total. The van der Waals surface area contributed by atoms with Gasteiger partial charge in [-0.1, -0.05) is 30.3 Å². The van der Waals surface area contributed by atoms with Crippen LogP contribution in [0.2, 0.25) is 0 Å². The maximum Gasteiger partial charge on any atom is 0.251 e. The molecule has 0 bridgehead atoms. The highest BCUT2D eigenvalue weighted by Crippen LogP contribution is 2.34. The zero-order valence-electron chi connectivity index (χ0n) is 19.2. The van der Waals surface area contributed by atoms with E-state index in [2.05, 4.69) is 20.6 Å². The van der Waals surface area contributed by atoms with Gasteiger partial charge in [0, 0.05) is 31.5 Å². The SMILES string of the molecule is CNC(=O)[C@@H]1OC(n2cnc3c(NCc4ccccc4)nc(-c4ccncc4C)nc32)C(O)C1O. The molecule has 5 rings (SSSR count). The van der Waals surface area contributed by atoms with Gasteiger partial charge in [-0.2, -0.15) is 0 Å². The molecule has 0 saturated carbocycles. The number of aliphatic hydroxyl groups excluding tert-OH is 2. The number of aromatic nitrogens is 5. The number of pyridine rings is 1. The molecule has 0 aliphatic carbocycles. The van der Waals surface area contributed by atoms with Gasteiger partial charge in [-0.05, 0) is 24.1 Å². The average Bonchev–Trinajstić information content (AvgIpc) is 3.43. The molecule has 0 radical (unpaired) electrons. The second-order valence-electron chi connectivity index (χ2n) is 8.29. The van der Waals surface area contributed by atoms with Gasteiger partial charge in [0.1, 0.15) is 12.2 Å². The number of aryl methyl sites for hydroxylation is 1. The van der Waals surface area contributed by atoms with Gasteiger partial charge in [0.05, 0.1) is 6.33 Å². The molecule has 1 aliphatic rings. The summed E-state index contributed by atoms with van der Waals surface area (Å²) < 4.78 is 7.27. The van der Waals surface area contributed by atoms with Crippen LogP contribution < -0.4 is 10.6 Å². The number of carbonyl (C=O) groups is 1. The van der Waals surface area contributed by atoms with Gasteiger partial charge in [-0.15, -0.1) is 0 Å². The van der Waals surface area contributed by atoms with Gasteiger partial charge in [-0.3, -0.25) is 14.3 Å². The predicted octanol–water partition coefficient (Wildman–Crippen LogP) is 1.17. The predicted molar refractivity (Wildman–Crippen MR) is 127 cm³/mol. The number of rotatable bonds is 6. The van der Waals surface area contributed by atoms with Crippen molar-refractivity contribution in [1.29, 1.82) is 0 Å². The van der Waals surface area contributed by atoms with Crippen molar-refractivity contribution in [1.82, 2.24) is 29.8 Å². The van der Waals surface area contributed by atoms with Crippen molar-refractivity contribution in [2.75, 3.05) is 12.4 Å². The summed E-state index contributed by atoms with van der Waals surface area (Å²) in [6.45, 7) is 2.42. The molecule has 1 aromatic carbocycles. The number of ether oxygens (including phenoxy) is 1. The van der Waals surface area contributed by atoms with Crippen LogP contribution >= 0.6 is 0 Å². The number of aliphatic hydroxyl groups is 2. The summed E-state index contributed by atoms with van der Waals surface area (Å²) in [6.07, 6.45) is -0.210. The molecule has 1 fully saturated rings. The topological polar surface area (TPSA) is 147 Å². The Morgan fingerprint density at radius 2 is 1.94 bits per heavy atom. The maximum atomic E-state index is 12.1. The van der Waals surface area contributed by atoms with Crippen molar-refractivity contribution >= 4 is 22.9 Å². The molecule has 1 aliphatic heterocycles. The zero-order valence-corrected chi connectivity index (χ0v) is 19.2. The number of hydrogen-bond acceptors (Lipinski definition) is 9. The third-order valence-corrected chi connectivity index (χ3v) is 6.00. The Morgan fingerprint density at radius 1 is 1.14 bits per heavy atom. The van der Waals surface area contributed by atoms with Crippen LogP contribution in [0.3, 0.4) is 0 Å². The van der Waals surface area contributed by atoms with Crippen molar-refractivity contribution < 1.29 is 19.7 Å².